The van der Waals surface area contributed by atoms with Gasteiger partial charge in [0.05, 0.1) is 0 Å². The van der Waals surface area contributed by atoms with Crippen molar-refractivity contribution in [3.63, 3.8) is 0 Å². The molecule has 0 fully saturated rings. The molecule has 1 aliphatic rings. The highest BCUT2D eigenvalue weighted by Crippen LogP contribution is 2.44. The summed E-state index contributed by atoms with van der Waals surface area (Å²) in [7, 11) is 0. The van der Waals surface area contributed by atoms with Gasteiger partial charge in [0.1, 0.15) is 47.9 Å². The summed E-state index contributed by atoms with van der Waals surface area (Å²) in [6.07, 6.45) is -0.691. The van der Waals surface area contributed by atoms with Crippen molar-refractivity contribution in [1.82, 2.24) is 16.0 Å². The van der Waals surface area contributed by atoms with Crippen LogP contribution in [0.5, 0.6) is 11.5 Å². The fourth-order valence-electron chi connectivity index (χ4n) is 6.32. The van der Waals surface area contributed by atoms with E-state index in [0.717, 1.165) is 27.8 Å². The molecule has 1 aliphatic carbocycles. The maximum Gasteiger partial charge on any atom is 0.407 e. The van der Waals surface area contributed by atoms with E-state index in [-0.39, 0.29) is 25.4 Å². The van der Waals surface area contributed by atoms with Gasteiger partial charge in [-0.05, 0) is 99.2 Å². The molecule has 11 nitrogen and oxygen atoms in total. The van der Waals surface area contributed by atoms with Crippen molar-refractivity contribution in [3.8, 4) is 22.6 Å². The summed E-state index contributed by atoms with van der Waals surface area (Å²) in [5.74, 6) is -1.48. The molecule has 0 aliphatic heterocycles. The van der Waals surface area contributed by atoms with Crippen molar-refractivity contribution in [2.24, 2.45) is 0 Å². The topological polar surface area (TPSA) is 152 Å². The third-order valence-corrected chi connectivity index (χ3v) is 8.57. The Morgan fingerprint density at radius 2 is 1.07 bits per heavy atom. The van der Waals surface area contributed by atoms with Crippen molar-refractivity contribution < 1.29 is 38.5 Å². The van der Waals surface area contributed by atoms with Gasteiger partial charge in [0, 0.05) is 18.8 Å². The molecule has 54 heavy (non-hydrogen) atoms. The summed E-state index contributed by atoms with van der Waals surface area (Å²) in [5, 5.41) is 17.1. The Balaban J connectivity index is 1.35. The minimum Gasteiger partial charge on any atom is -0.488 e. The van der Waals surface area contributed by atoms with Gasteiger partial charge in [-0.15, -0.1) is 0 Å². The molecular formula is C43H49N3O8. The fraction of sp³-hybridized carbons (Fsp3) is 0.349. The first-order valence-corrected chi connectivity index (χ1v) is 18.0. The molecule has 2 atom stereocenters. The molecule has 11 heteroatoms. The molecule has 0 heterocycles. The molecule has 0 spiro atoms. The largest absolute Gasteiger partial charge is 0.488 e. The molecule has 4 aromatic carbocycles. The number of hydrogen-bond acceptors (Lipinski definition) is 7. The van der Waals surface area contributed by atoms with E-state index < -0.39 is 53.7 Å². The SMILES string of the molecule is CC(C)(C)Oc1ccc(C[C@H](NC(=O)OCC2c3ccccc3-c3ccccc32)C(=O)N[C@@H](Cc2ccc(OC(C)(C)C)cc2)C(=O)NCC(=O)O)cc1. The monoisotopic (exact) mass is 735 g/mol. The number of nitrogens with one attached hydrogen (secondary N) is 3. The number of hydrogen-bond donors (Lipinski definition) is 4. The predicted octanol–water partition coefficient (Wildman–Crippen LogP) is 6.42. The predicted molar refractivity (Wildman–Crippen MR) is 206 cm³/mol. The molecule has 0 aromatic heterocycles. The first-order valence-electron chi connectivity index (χ1n) is 18.0. The molecule has 5 rings (SSSR count). The second kappa shape index (κ2) is 16.9. The van der Waals surface area contributed by atoms with E-state index in [1.54, 1.807) is 48.5 Å². The second-order valence-electron chi connectivity index (χ2n) is 15.3. The van der Waals surface area contributed by atoms with E-state index in [4.69, 9.17) is 14.2 Å². The quantitative estimate of drug-likeness (QED) is 0.116. The summed E-state index contributed by atoms with van der Waals surface area (Å²) in [4.78, 5) is 52.1. The average molecular weight is 736 g/mol. The summed E-state index contributed by atoms with van der Waals surface area (Å²) < 4.78 is 17.6. The molecule has 284 valence electrons. The summed E-state index contributed by atoms with van der Waals surface area (Å²) in [5.41, 5.74) is 4.86. The zero-order valence-electron chi connectivity index (χ0n) is 31.6. The van der Waals surface area contributed by atoms with Gasteiger partial charge in [-0.2, -0.15) is 0 Å². The highest BCUT2D eigenvalue weighted by atomic mass is 16.5. The molecule has 4 aromatic rings. The Labute approximate surface area is 316 Å². The Hall–Kier alpha value is -5.84. The average Bonchev–Trinajstić information content (AvgIpc) is 3.43. The van der Waals surface area contributed by atoms with Gasteiger partial charge in [-0.25, -0.2) is 4.79 Å². The van der Waals surface area contributed by atoms with Crippen LogP contribution in [0.1, 0.15) is 69.7 Å². The number of carbonyl (C=O) groups excluding carboxylic acids is 3. The molecule has 0 bridgehead atoms. The van der Waals surface area contributed by atoms with Gasteiger partial charge in [-0.1, -0.05) is 72.8 Å². The van der Waals surface area contributed by atoms with E-state index in [1.807, 2.05) is 90.1 Å². The van der Waals surface area contributed by atoms with Crippen molar-refractivity contribution in [2.75, 3.05) is 13.2 Å². The first kappa shape index (κ1) is 39.4. The molecule has 0 saturated carbocycles. The van der Waals surface area contributed by atoms with Crippen LogP contribution in [0.25, 0.3) is 11.1 Å². The van der Waals surface area contributed by atoms with Crippen molar-refractivity contribution >= 4 is 23.9 Å². The third kappa shape index (κ3) is 11.1. The van der Waals surface area contributed by atoms with Crippen LogP contribution in [0.2, 0.25) is 0 Å². The second-order valence-corrected chi connectivity index (χ2v) is 15.3. The lowest BCUT2D eigenvalue weighted by molar-refractivity contribution is -0.138. The summed E-state index contributed by atoms with van der Waals surface area (Å²) in [6, 6.07) is 27.9. The van der Waals surface area contributed by atoms with Gasteiger partial charge in [-0.3, -0.25) is 14.4 Å². The Kier molecular flexibility index (Phi) is 12.3. The zero-order valence-corrected chi connectivity index (χ0v) is 31.6. The van der Waals surface area contributed by atoms with Crippen LogP contribution in [0.15, 0.2) is 97.1 Å². The Morgan fingerprint density at radius 3 is 1.52 bits per heavy atom. The van der Waals surface area contributed by atoms with Crippen LogP contribution in [-0.2, 0) is 32.0 Å². The van der Waals surface area contributed by atoms with E-state index >= 15 is 0 Å². The molecule has 0 saturated heterocycles. The van der Waals surface area contributed by atoms with Crippen molar-refractivity contribution in [3.05, 3.63) is 119 Å². The van der Waals surface area contributed by atoms with E-state index in [2.05, 4.69) is 16.0 Å². The fourth-order valence-corrected chi connectivity index (χ4v) is 6.32. The number of amides is 3. The highest BCUT2D eigenvalue weighted by Gasteiger charge is 2.31. The maximum absolute atomic E-state index is 14.1. The lowest BCUT2D eigenvalue weighted by Crippen LogP contribution is -2.55. The number of carboxylic acid groups (broad SMARTS) is 1. The molecule has 0 radical (unpaired) electrons. The number of rotatable bonds is 14. The van der Waals surface area contributed by atoms with E-state index in [9.17, 15) is 24.3 Å². The number of carbonyl (C=O) groups is 4. The standard InChI is InChI=1S/C43H49N3O8/c1-42(2,3)53-29-19-15-27(16-20-29)23-36(39(49)44-25-38(47)48)45-40(50)37(24-28-17-21-30(22-18-28)54-43(4,5)6)46-41(51)52-26-35-33-13-9-7-11-31(33)32-12-8-10-14-34(32)35/h7-22,35-37H,23-26H2,1-6H3,(H,44,49)(H,45,50)(H,46,51)(H,47,48)/t36-,37-/m0/s1. The Morgan fingerprint density at radius 1 is 0.630 bits per heavy atom. The third-order valence-electron chi connectivity index (χ3n) is 8.57. The number of aliphatic carboxylic acids is 1. The Bertz CT molecular complexity index is 1900. The van der Waals surface area contributed by atoms with E-state index in [0.29, 0.717) is 17.1 Å². The molecule has 3 amide bonds. The van der Waals surface area contributed by atoms with Gasteiger partial charge < -0.3 is 35.3 Å². The highest BCUT2D eigenvalue weighted by molar-refractivity contribution is 5.92. The van der Waals surface area contributed by atoms with Gasteiger partial charge >= 0.3 is 12.1 Å². The number of benzene rings is 4. The zero-order chi connectivity index (χ0) is 39.0. The first-order chi connectivity index (χ1) is 25.5. The van der Waals surface area contributed by atoms with Crippen LogP contribution >= 0.6 is 0 Å². The molecular weight excluding hydrogens is 686 g/mol. The lowest BCUT2D eigenvalue weighted by atomic mass is 9.98. The van der Waals surface area contributed by atoms with Crippen LogP contribution in [-0.4, -0.2) is 65.4 Å². The van der Waals surface area contributed by atoms with Crippen LogP contribution in [0.4, 0.5) is 4.79 Å². The number of ether oxygens (including phenoxy) is 3. The van der Waals surface area contributed by atoms with E-state index in [1.165, 1.54) is 0 Å². The normalized spacial score (nSPS) is 13.4. The van der Waals surface area contributed by atoms with Crippen LogP contribution in [0, 0.1) is 0 Å². The van der Waals surface area contributed by atoms with Gasteiger partial charge in [0.25, 0.3) is 0 Å². The number of alkyl carbamates (subject to hydrolysis) is 1. The number of fused-ring (bicyclic) bond motifs is 3. The summed E-state index contributed by atoms with van der Waals surface area (Å²) >= 11 is 0. The summed E-state index contributed by atoms with van der Waals surface area (Å²) in [6.45, 7) is 11.0. The lowest BCUT2D eigenvalue weighted by Gasteiger charge is -2.24. The molecule has 0 unspecified atom stereocenters. The minimum atomic E-state index is -1.23. The van der Waals surface area contributed by atoms with Crippen LogP contribution < -0.4 is 25.4 Å². The van der Waals surface area contributed by atoms with Gasteiger partial charge in [0.15, 0.2) is 0 Å². The smallest absolute Gasteiger partial charge is 0.407 e. The van der Waals surface area contributed by atoms with Crippen LogP contribution in [0.3, 0.4) is 0 Å². The van der Waals surface area contributed by atoms with Crippen molar-refractivity contribution in [1.29, 1.82) is 0 Å². The maximum atomic E-state index is 14.1. The van der Waals surface area contributed by atoms with Gasteiger partial charge in [0.2, 0.25) is 11.8 Å². The minimum absolute atomic E-state index is 0.0438. The van der Waals surface area contributed by atoms with Crippen molar-refractivity contribution in [2.45, 2.75) is 83.6 Å². The number of carboxylic acids is 1. The molecule has 4 N–H and O–H groups in total.